The first kappa shape index (κ1) is 15.3. The maximum absolute atomic E-state index is 13.0. The van der Waals surface area contributed by atoms with Crippen molar-refractivity contribution < 1.29 is 14.3 Å². The molecule has 0 bridgehead atoms. The molecule has 2 aliphatic rings. The van der Waals surface area contributed by atoms with Gasteiger partial charge in [-0.1, -0.05) is 6.92 Å². The summed E-state index contributed by atoms with van der Waals surface area (Å²) in [7, 11) is 1.64. The molecule has 6 nitrogen and oxygen atoms in total. The largest absolute Gasteiger partial charge is 0.384 e. The molecule has 0 radical (unpaired) electrons. The Hall–Kier alpha value is -1.14. The van der Waals surface area contributed by atoms with Crippen LogP contribution in [-0.2, 0) is 14.3 Å². The number of hydrogen-bond donors (Lipinski definition) is 2. The van der Waals surface area contributed by atoms with Crippen LogP contribution < -0.4 is 10.6 Å². The van der Waals surface area contributed by atoms with Crippen LogP contribution in [0, 0.1) is 5.41 Å². The normalized spacial score (nSPS) is 26.2. The minimum Gasteiger partial charge on any atom is -0.384 e. The number of nitrogens with one attached hydrogen (secondary N) is 2. The number of rotatable bonds is 4. The van der Waals surface area contributed by atoms with E-state index in [1.54, 1.807) is 12.0 Å². The number of ether oxygens (including phenoxy) is 1. The van der Waals surface area contributed by atoms with E-state index in [0.29, 0.717) is 26.1 Å². The minimum absolute atomic E-state index is 0.0337. The van der Waals surface area contributed by atoms with Crippen molar-refractivity contribution in [3.8, 4) is 0 Å². The summed E-state index contributed by atoms with van der Waals surface area (Å²) in [6, 6.07) is -0.333. The maximum Gasteiger partial charge on any atom is 0.242 e. The van der Waals surface area contributed by atoms with Crippen LogP contribution in [0.5, 0.6) is 0 Å². The van der Waals surface area contributed by atoms with Crippen LogP contribution in [0.1, 0.15) is 26.2 Å². The second-order valence-corrected chi connectivity index (χ2v) is 5.68. The molecule has 2 rings (SSSR count). The highest BCUT2D eigenvalue weighted by Gasteiger charge is 2.45. The minimum atomic E-state index is -0.467. The molecule has 0 spiro atoms. The van der Waals surface area contributed by atoms with Crippen LogP contribution >= 0.6 is 0 Å². The molecule has 6 heteroatoms. The van der Waals surface area contributed by atoms with Gasteiger partial charge in [0.15, 0.2) is 0 Å². The molecule has 2 aliphatic heterocycles. The van der Waals surface area contributed by atoms with Crippen molar-refractivity contribution in [2.24, 2.45) is 5.41 Å². The average Bonchev–Trinajstić information content (AvgIpc) is 2.47. The Bertz CT molecular complexity index is 361. The summed E-state index contributed by atoms with van der Waals surface area (Å²) in [5, 5.41) is 6.12. The fraction of sp³-hybridized carbons (Fsp3) is 0.857. The summed E-state index contributed by atoms with van der Waals surface area (Å²) in [5.41, 5.74) is -0.467. The topological polar surface area (TPSA) is 70.7 Å². The number of amides is 2. The van der Waals surface area contributed by atoms with E-state index in [1.165, 1.54) is 0 Å². The Labute approximate surface area is 120 Å². The third-order valence-electron chi connectivity index (χ3n) is 4.41. The number of carbonyl (C=O) groups is 2. The maximum atomic E-state index is 13.0. The van der Waals surface area contributed by atoms with Crippen molar-refractivity contribution >= 4 is 11.8 Å². The zero-order valence-electron chi connectivity index (χ0n) is 12.4. The Morgan fingerprint density at radius 1 is 1.40 bits per heavy atom. The van der Waals surface area contributed by atoms with Gasteiger partial charge in [0.05, 0.1) is 12.0 Å². The first-order chi connectivity index (χ1) is 9.64. The molecule has 0 aliphatic carbocycles. The molecule has 0 aromatic rings. The van der Waals surface area contributed by atoms with Gasteiger partial charge in [-0.15, -0.1) is 0 Å². The number of nitrogens with zero attached hydrogens (tertiary/aromatic N) is 1. The number of methoxy groups -OCH3 is 1. The van der Waals surface area contributed by atoms with Gasteiger partial charge in [0.1, 0.15) is 6.04 Å². The van der Waals surface area contributed by atoms with E-state index in [2.05, 4.69) is 10.6 Å². The monoisotopic (exact) mass is 283 g/mol. The predicted molar refractivity (Wildman–Crippen MR) is 75.2 cm³/mol. The average molecular weight is 283 g/mol. The smallest absolute Gasteiger partial charge is 0.242 e. The third-order valence-corrected chi connectivity index (χ3v) is 4.41. The second-order valence-electron chi connectivity index (χ2n) is 5.68. The van der Waals surface area contributed by atoms with Gasteiger partial charge in [0.2, 0.25) is 11.8 Å². The summed E-state index contributed by atoms with van der Waals surface area (Å²) in [5.74, 6) is 0.0520. The van der Waals surface area contributed by atoms with E-state index in [-0.39, 0.29) is 17.9 Å². The Morgan fingerprint density at radius 2 is 2.10 bits per heavy atom. The highest BCUT2D eigenvalue weighted by Crippen LogP contribution is 2.33. The third kappa shape index (κ3) is 2.81. The molecule has 1 unspecified atom stereocenters. The van der Waals surface area contributed by atoms with E-state index in [0.717, 1.165) is 25.9 Å². The van der Waals surface area contributed by atoms with Crippen LogP contribution in [-0.4, -0.2) is 62.7 Å². The van der Waals surface area contributed by atoms with Crippen LogP contribution in [0.25, 0.3) is 0 Å². The van der Waals surface area contributed by atoms with Crippen LogP contribution in [0.4, 0.5) is 0 Å². The predicted octanol–water partition coefficient (Wildman–Crippen LogP) is -0.260. The molecule has 0 aromatic carbocycles. The van der Waals surface area contributed by atoms with Gasteiger partial charge in [-0.25, -0.2) is 0 Å². The van der Waals surface area contributed by atoms with Crippen molar-refractivity contribution in [1.29, 1.82) is 0 Å². The Kier molecular flexibility index (Phi) is 4.99. The lowest BCUT2D eigenvalue weighted by Gasteiger charge is -2.43. The fourth-order valence-electron chi connectivity index (χ4n) is 3.27. The molecule has 114 valence electrons. The highest BCUT2D eigenvalue weighted by molar-refractivity contribution is 5.91. The lowest BCUT2D eigenvalue weighted by Crippen LogP contribution is -2.61. The molecule has 0 saturated carbocycles. The van der Waals surface area contributed by atoms with E-state index in [1.807, 2.05) is 6.92 Å². The summed E-state index contributed by atoms with van der Waals surface area (Å²) in [6.07, 6.45) is 2.20. The zero-order valence-corrected chi connectivity index (χ0v) is 12.4. The van der Waals surface area contributed by atoms with Gasteiger partial charge in [0, 0.05) is 20.2 Å². The number of hydrogen-bond acceptors (Lipinski definition) is 4. The molecule has 0 aromatic heterocycles. The molecular weight excluding hydrogens is 258 g/mol. The summed E-state index contributed by atoms with van der Waals surface area (Å²) in [4.78, 5) is 26.7. The van der Waals surface area contributed by atoms with Crippen LogP contribution in [0.3, 0.4) is 0 Å². The molecular formula is C14H25N3O3. The SMILES string of the molecule is CCC1C(=O)NCCN1C(=O)C1(COC)CCNCC1. The van der Waals surface area contributed by atoms with Gasteiger partial charge in [-0.2, -0.15) is 0 Å². The van der Waals surface area contributed by atoms with Gasteiger partial charge in [0.25, 0.3) is 0 Å². The van der Waals surface area contributed by atoms with Crippen molar-refractivity contribution in [3.63, 3.8) is 0 Å². The Balaban J connectivity index is 2.19. The number of piperazine rings is 1. The van der Waals surface area contributed by atoms with Crippen molar-refractivity contribution in [3.05, 3.63) is 0 Å². The van der Waals surface area contributed by atoms with Crippen molar-refractivity contribution in [2.45, 2.75) is 32.2 Å². The van der Waals surface area contributed by atoms with Gasteiger partial charge < -0.3 is 20.3 Å². The molecule has 20 heavy (non-hydrogen) atoms. The lowest BCUT2D eigenvalue weighted by molar-refractivity contribution is -0.155. The summed E-state index contributed by atoms with van der Waals surface area (Å²) >= 11 is 0. The lowest BCUT2D eigenvalue weighted by atomic mass is 9.77. The molecule has 2 N–H and O–H groups in total. The standard InChI is InChI=1S/C14H25N3O3/c1-3-11-12(18)16-8-9-17(11)13(19)14(10-20-2)4-6-15-7-5-14/h11,15H,3-10H2,1-2H3,(H,16,18). The molecule has 1 atom stereocenters. The number of carbonyl (C=O) groups excluding carboxylic acids is 2. The first-order valence-corrected chi connectivity index (χ1v) is 7.43. The van der Waals surface area contributed by atoms with Gasteiger partial charge in [-0.05, 0) is 32.4 Å². The molecule has 2 saturated heterocycles. The van der Waals surface area contributed by atoms with Gasteiger partial charge in [-0.3, -0.25) is 9.59 Å². The first-order valence-electron chi connectivity index (χ1n) is 7.43. The van der Waals surface area contributed by atoms with Crippen LogP contribution in [0.2, 0.25) is 0 Å². The quantitative estimate of drug-likeness (QED) is 0.746. The molecule has 2 fully saturated rings. The fourth-order valence-corrected chi connectivity index (χ4v) is 3.27. The second kappa shape index (κ2) is 6.54. The van der Waals surface area contributed by atoms with Crippen molar-refractivity contribution in [2.75, 3.05) is 39.9 Å². The van der Waals surface area contributed by atoms with Crippen LogP contribution in [0.15, 0.2) is 0 Å². The summed E-state index contributed by atoms with van der Waals surface area (Å²) < 4.78 is 5.32. The van der Waals surface area contributed by atoms with E-state index < -0.39 is 5.41 Å². The van der Waals surface area contributed by atoms with E-state index >= 15 is 0 Å². The highest BCUT2D eigenvalue weighted by atomic mass is 16.5. The molecule has 2 amide bonds. The number of piperidine rings is 1. The molecule has 2 heterocycles. The van der Waals surface area contributed by atoms with E-state index in [4.69, 9.17) is 4.74 Å². The summed E-state index contributed by atoms with van der Waals surface area (Å²) in [6.45, 7) is 5.17. The zero-order chi connectivity index (χ0) is 14.6. The Morgan fingerprint density at radius 3 is 2.70 bits per heavy atom. The van der Waals surface area contributed by atoms with Crippen molar-refractivity contribution in [1.82, 2.24) is 15.5 Å². The van der Waals surface area contributed by atoms with Gasteiger partial charge >= 0.3 is 0 Å². The van der Waals surface area contributed by atoms with E-state index in [9.17, 15) is 9.59 Å².